The quantitative estimate of drug-likeness (QED) is 0.708. The summed E-state index contributed by atoms with van der Waals surface area (Å²) in [6.07, 6.45) is 5.84. The van der Waals surface area contributed by atoms with Crippen molar-refractivity contribution >= 4 is 35.2 Å². The Hall–Kier alpha value is -1.40. The Balaban J connectivity index is 1.70. The molecule has 2 aliphatic rings. The van der Waals surface area contributed by atoms with E-state index in [4.69, 9.17) is 21.1 Å². The third-order valence-corrected chi connectivity index (χ3v) is 6.74. The summed E-state index contributed by atoms with van der Waals surface area (Å²) in [7, 11) is 1.37. The van der Waals surface area contributed by atoms with Gasteiger partial charge in [0.2, 0.25) is 0 Å². The number of halogens is 1. The van der Waals surface area contributed by atoms with Gasteiger partial charge in [-0.3, -0.25) is 4.79 Å². The fraction of sp³-hybridized carbons (Fsp3) is 0.579. The van der Waals surface area contributed by atoms with Crippen molar-refractivity contribution in [3.05, 3.63) is 29.3 Å². The number of carbonyl (C=O) groups excluding carboxylic acids is 2. The lowest BCUT2D eigenvalue weighted by Gasteiger charge is -2.35. The molecule has 1 aromatic carbocycles. The van der Waals surface area contributed by atoms with Crippen LogP contribution >= 0.6 is 23.4 Å². The summed E-state index contributed by atoms with van der Waals surface area (Å²) in [5.74, 6) is 1.08. The molecule has 0 bridgehead atoms. The molecule has 3 rings (SSSR count). The maximum Gasteiger partial charge on any atom is 0.329 e. The van der Waals surface area contributed by atoms with Crippen molar-refractivity contribution in [2.45, 2.75) is 43.5 Å². The molecule has 2 fully saturated rings. The zero-order valence-electron chi connectivity index (χ0n) is 14.9. The summed E-state index contributed by atoms with van der Waals surface area (Å²) in [4.78, 5) is 26.8. The van der Waals surface area contributed by atoms with Crippen molar-refractivity contribution in [1.82, 2.24) is 4.90 Å². The fourth-order valence-electron chi connectivity index (χ4n) is 3.69. The van der Waals surface area contributed by atoms with Crippen LogP contribution in [-0.2, 0) is 14.3 Å². The third-order valence-electron chi connectivity index (χ3n) is 5.03. The molecule has 1 aromatic rings. The van der Waals surface area contributed by atoms with Crippen LogP contribution in [0.25, 0.3) is 0 Å². The van der Waals surface area contributed by atoms with E-state index in [1.54, 1.807) is 40.9 Å². The number of esters is 1. The number of hydrogen-bond donors (Lipinski definition) is 0. The molecule has 26 heavy (non-hydrogen) atoms. The number of hydrogen-bond acceptors (Lipinski definition) is 5. The van der Waals surface area contributed by atoms with Gasteiger partial charge in [0.1, 0.15) is 11.8 Å². The van der Waals surface area contributed by atoms with Gasteiger partial charge < -0.3 is 14.4 Å². The summed E-state index contributed by atoms with van der Waals surface area (Å²) in [6, 6.07) is 6.36. The topological polar surface area (TPSA) is 55.8 Å². The molecule has 2 unspecified atom stereocenters. The molecule has 2 atom stereocenters. The number of benzene rings is 1. The van der Waals surface area contributed by atoms with Crippen LogP contribution in [0.4, 0.5) is 0 Å². The Morgan fingerprint density at radius 1 is 1.19 bits per heavy atom. The Morgan fingerprint density at radius 2 is 1.88 bits per heavy atom. The standard InChI is InChI=1S/C19H24ClNO4S/c1-24-19(23)16-12-26-18(13-5-3-2-4-6-13)21(16)17(22)11-25-15-9-7-14(20)8-10-15/h7-10,13,16,18H,2-6,11-12H2,1H3. The predicted molar refractivity (Wildman–Crippen MR) is 102 cm³/mol. The Bertz CT molecular complexity index is 633. The smallest absolute Gasteiger partial charge is 0.329 e. The summed E-state index contributed by atoms with van der Waals surface area (Å²) in [6.45, 7) is -0.0983. The molecule has 1 amide bonds. The Kier molecular flexibility index (Phi) is 6.70. The van der Waals surface area contributed by atoms with E-state index >= 15 is 0 Å². The summed E-state index contributed by atoms with van der Waals surface area (Å²) >= 11 is 7.56. The molecule has 0 aromatic heterocycles. The van der Waals surface area contributed by atoms with Crippen LogP contribution in [0.1, 0.15) is 32.1 Å². The van der Waals surface area contributed by atoms with Crippen molar-refractivity contribution in [3.63, 3.8) is 0 Å². The molecular weight excluding hydrogens is 374 g/mol. The van der Waals surface area contributed by atoms with Crippen molar-refractivity contribution < 1.29 is 19.1 Å². The number of carbonyl (C=O) groups is 2. The summed E-state index contributed by atoms with van der Waals surface area (Å²) < 4.78 is 10.5. The van der Waals surface area contributed by atoms with Crippen LogP contribution in [0.5, 0.6) is 5.75 Å². The molecule has 1 aliphatic carbocycles. The summed E-state index contributed by atoms with van der Waals surface area (Å²) in [5.41, 5.74) is 0. The maximum atomic E-state index is 12.9. The van der Waals surface area contributed by atoms with E-state index in [1.807, 2.05) is 0 Å². The van der Waals surface area contributed by atoms with Crippen LogP contribution in [-0.4, -0.2) is 47.7 Å². The van der Waals surface area contributed by atoms with Gasteiger partial charge in [-0.1, -0.05) is 30.9 Å². The predicted octanol–water partition coefficient (Wildman–Crippen LogP) is 3.74. The molecule has 0 radical (unpaired) electrons. The van der Waals surface area contributed by atoms with Gasteiger partial charge >= 0.3 is 5.97 Å². The first-order valence-electron chi connectivity index (χ1n) is 8.99. The van der Waals surface area contributed by atoms with Crippen LogP contribution < -0.4 is 4.74 Å². The van der Waals surface area contributed by atoms with E-state index in [9.17, 15) is 9.59 Å². The minimum atomic E-state index is -0.529. The van der Waals surface area contributed by atoms with Crippen molar-refractivity contribution in [2.24, 2.45) is 5.92 Å². The molecule has 142 valence electrons. The highest BCUT2D eigenvalue weighted by Crippen LogP contribution is 2.40. The second kappa shape index (κ2) is 9.00. The van der Waals surface area contributed by atoms with E-state index in [0.29, 0.717) is 22.4 Å². The summed E-state index contributed by atoms with van der Waals surface area (Å²) in [5, 5.41) is 0.642. The highest BCUT2D eigenvalue weighted by molar-refractivity contribution is 8.00. The normalized spacial score (nSPS) is 23.7. The van der Waals surface area contributed by atoms with Crippen LogP contribution in [0.3, 0.4) is 0 Å². The minimum absolute atomic E-state index is 0.0284. The van der Waals surface area contributed by atoms with Crippen molar-refractivity contribution in [3.8, 4) is 5.75 Å². The first-order valence-corrected chi connectivity index (χ1v) is 10.4. The van der Waals surface area contributed by atoms with Gasteiger partial charge in [0, 0.05) is 10.8 Å². The van der Waals surface area contributed by atoms with Gasteiger partial charge in [-0.05, 0) is 43.0 Å². The second-order valence-corrected chi connectivity index (χ2v) is 8.29. The van der Waals surface area contributed by atoms with Crippen molar-refractivity contribution in [2.75, 3.05) is 19.5 Å². The van der Waals surface area contributed by atoms with Crippen LogP contribution in [0.15, 0.2) is 24.3 Å². The number of nitrogens with zero attached hydrogens (tertiary/aromatic N) is 1. The average Bonchev–Trinajstić information content (AvgIpc) is 3.12. The van der Waals surface area contributed by atoms with E-state index in [2.05, 4.69) is 0 Å². The molecule has 1 saturated heterocycles. The monoisotopic (exact) mass is 397 g/mol. The van der Waals surface area contributed by atoms with E-state index in [1.165, 1.54) is 26.4 Å². The zero-order chi connectivity index (χ0) is 18.5. The number of amides is 1. The highest BCUT2D eigenvalue weighted by atomic mass is 35.5. The molecule has 5 nitrogen and oxygen atoms in total. The lowest BCUT2D eigenvalue weighted by molar-refractivity contribution is -0.153. The van der Waals surface area contributed by atoms with Gasteiger partial charge in [0.05, 0.1) is 12.5 Å². The lowest BCUT2D eigenvalue weighted by Crippen LogP contribution is -2.50. The van der Waals surface area contributed by atoms with E-state index in [0.717, 1.165) is 12.8 Å². The highest BCUT2D eigenvalue weighted by Gasteiger charge is 2.45. The number of rotatable bonds is 5. The van der Waals surface area contributed by atoms with Gasteiger partial charge in [0.25, 0.3) is 5.91 Å². The van der Waals surface area contributed by atoms with Gasteiger partial charge in [-0.15, -0.1) is 11.8 Å². The number of methoxy groups -OCH3 is 1. The largest absolute Gasteiger partial charge is 0.484 e. The zero-order valence-corrected chi connectivity index (χ0v) is 16.4. The molecule has 1 saturated carbocycles. The number of thioether (sulfide) groups is 1. The molecule has 0 spiro atoms. The first-order chi connectivity index (χ1) is 12.6. The molecule has 1 heterocycles. The third kappa shape index (κ3) is 4.46. The van der Waals surface area contributed by atoms with Gasteiger partial charge in [-0.25, -0.2) is 4.79 Å². The minimum Gasteiger partial charge on any atom is -0.484 e. The van der Waals surface area contributed by atoms with E-state index in [-0.39, 0.29) is 23.9 Å². The lowest BCUT2D eigenvalue weighted by atomic mass is 9.88. The molecule has 7 heteroatoms. The first kappa shape index (κ1) is 19.4. The fourth-order valence-corrected chi connectivity index (χ4v) is 5.47. The van der Waals surface area contributed by atoms with Crippen LogP contribution in [0.2, 0.25) is 5.02 Å². The average molecular weight is 398 g/mol. The Labute approximate surface area is 163 Å². The molecular formula is C19H24ClNO4S. The number of ether oxygens (including phenoxy) is 2. The van der Waals surface area contributed by atoms with Gasteiger partial charge in [-0.2, -0.15) is 0 Å². The SMILES string of the molecule is COC(=O)C1CSC(C2CCCCC2)N1C(=O)COc1ccc(Cl)cc1. The van der Waals surface area contributed by atoms with Crippen molar-refractivity contribution in [1.29, 1.82) is 0 Å². The molecule has 0 N–H and O–H groups in total. The second-order valence-electron chi connectivity index (χ2n) is 6.70. The maximum absolute atomic E-state index is 12.9. The molecule has 1 aliphatic heterocycles. The van der Waals surface area contributed by atoms with Gasteiger partial charge in [0.15, 0.2) is 6.61 Å². The Morgan fingerprint density at radius 3 is 2.54 bits per heavy atom. The van der Waals surface area contributed by atoms with Crippen LogP contribution in [0, 0.1) is 5.92 Å². The van der Waals surface area contributed by atoms with E-state index < -0.39 is 6.04 Å².